The molecule has 0 atom stereocenters. The van der Waals surface area contributed by atoms with Gasteiger partial charge >= 0.3 is 0 Å². The van der Waals surface area contributed by atoms with Crippen molar-refractivity contribution in [3.63, 3.8) is 0 Å². The zero-order valence-electron chi connectivity index (χ0n) is 4.74. The summed E-state index contributed by atoms with van der Waals surface area (Å²) in [6, 6.07) is 1.78. The summed E-state index contributed by atoms with van der Waals surface area (Å²) < 4.78 is 0. The Morgan fingerprint density at radius 2 is 2.56 bits per heavy atom. The van der Waals surface area contributed by atoms with E-state index in [-0.39, 0.29) is 0 Å². The molecule has 0 saturated carbocycles. The van der Waals surface area contributed by atoms with E-state index in [0.29, 0.717) is 0 Å². The quantitative estimate of drug-likeness (QED) is 0.461. The Labute approximate surface area is 52.4 Å². The van der Waals surface area contributed by atoms with Crippen LogP contribution in [0.2, 0.25) is 0 Å². The van der Waals surface area contributed by atoms with Crippen molar-refractivity contribution in [2.24, 2.45) is 0 Å². The van der Waals surface area contributed by atoms with Crippen LogP contribution in [0.3, 0.4) is 0 Å². The lowest BCUT2D eigenvalue weighted by molar-refractivity contribution is -0.104. The highest BCUT2D eigenvalue weighted by Crippen LogP contribution is 1.92. The Morgan fingerprint density at radius 3 is 3.11 bits per heavy atom. The van der Waals surface area contributed by atoms with Crippen LogP contribution in [0.4, 0.5) is 0 Å². The van der Waals surface area contributed by atoms with Crippen molar-refractivity contribution in [3.05, 3.63) is 24.0 Å². The van der Waals surface area contributed by atoms with Crippen LogP contribution >= 0.6 is 0 Å². The van der Waals surface area contributed by atoms with E-state index in [0.717, 1.165) is 12.0 Å². The predicted molar refractivity (Wildman–Crippen MR) is 33.7 cm³/mol. The minimum absolute atomic E-state index is 0.723. The van der Waals surface area contributed by atoms with Gasteiger partial charge in [-0.2, -0.15) is 5.10 Å². The van der Waals surface area contributed by atoms with Gasteiger partial charge < -0.3 is 0 Å². The van der Waals surface area contributed by atoms with Crippen molar-refractivity contribution in [3.8, 4) is 0 Å². The minimum atomic E-state index is 0.723. The second kappa shape index (κ2) is 2.81. The summed E-state index contributed by atoms with van der Waals surface area (Å²) in [6.45, 7) is 0. The van der Waals surface area contributed by atoms with Gasteiger partial charge in [0.25, 0.3) is 0 Å². The van der Waals surface area contributed by atoms with E-state index in [1.54, 1.807) is 18.3 Å². The van der Waals surface area contributed by atoms with E-state index in [4.69, 9.17) is 0 Å². The fraction of sp³-hybridized carbons (Fsp3) is 0. The summed E-state index contributed by atoms with van der Waals surface area (Å²) in [6.07, 6.45) is 5.42. The summed E-state index contributed by atoms with van der Waals surface area (Å²) in [5.74, 6) is 0. The molecule has 1 N–H and O–H groups in total. The van der Waals surface area contributed by atoms with Crippen LogP contribution in [0.15, 0.2) is 18.3 Å². The molecule has 3 heteroatoms. The van der Waals surface area contributed by atoms with E-state index in [9.17, 15) is 4.79 Å². The Bertz CT molecular complexity index is 201. The molecule has 9 heavy (non-hydrogen) atoms. The number of allylic oxidation sites excluding steroid dienone is 1. The van der Waals surface area contributed by atoms with Gasteiger partial charge in [-0.15, -0.1) is 0 Å². The number of nitrogens with zero attached hydrogens (tertiary/aromatic N) is 1. The number of rotatable bonds is 2. The molecule has 0 radical (unpaired) electrons. The standard InChI is InChI=1S/C6H6N2O/c9-5-1-2-6-3-4-7-8-6/h1-5H,(H,7,8). The lowest BCUT2D eigenvalue weighted by Crippen LogP contribution is -1.69. The van der Waals surface area contributed by atoms with Crippen molar-refractivity contribution < 1.29 is 4.79 Å². The Kier molecular flexibility index (Phi) is 1.80. The molecule has 1 aromatic heterocycles. The van der Waals surface area contributed by atoms with E-state index < -0.39 is 0 Å². The van der Waals surface area contributed by atoms with Gasteiger partial charge in [0, 0.05) is 6.20 Å². The lowest BCUT2D eigenvalue weighted by atomic mass is 10.4. The molecule has 0 unspecified atom stereocenters. The monoisotopic (exact) mass is 122 g/mol. The van der Waals surface area contributed by atoms with Crippen LogP contribution in [0.25, 0.3) is 6.08 Å². The highest BCUT2D eigenvalue weighted by Gasteiger charge is 1.81. The third-order valence-corrected chi connectivity index (χ3v) is 0.877. The summed E-state index contributed by atoms with van der Waals surface area (Å²) in [5.41, 5.74) is 0.835. The van der Waals surface area contributed by atoms with Crippen LogP contribution < -0.4 is 0 Å². The highest BCUT2D eigenvalue weighted by molar-refractivity contribution is 5.72. The number of carbonyl (C=O) groups is 1. The van der Waals surface area contributed by atoms with Crippen molar-refractivity contribution >= 4 is 12.4 Å². The van der Waals surface area contributed by atoms with Crippen LogP contribution in [0.1, 0.15) is 5.69 Å². The third-order valence-electron chi connectivity index (χ3n) is 0.877. The molecule has 0 fully saturated rings. The molecule has 0 spiro atoms. The van der Waals surface area contributed by atoms with Crippen molar-refractivity contribution in [2.45, 2.75) is 0 Å². The second-order valence-electron chi connectivity index (χ2n) is 1.51. The van der Waals surface area contributed by atoms with Gasteiger partial charge in [-0.1, -0.05) is 0 Å². The normalized spacial score (nSPS) is 10.2. The first-order valence-electron chi connectivity index (χ1n) is 2.54. The predicted octanol–water partition coefficient (Wildman–Crippen LogP) is 0.622. The molecule has 46 valence electrons. The van der Waals surface area contributed by atoms with E-state index in [1.165, 1.54) is 6.08 Å². The second-order valence-corrected chi connectivity index (χ2v) is 1.51. The molecule has 0 aliphatic heterocycles. The molecule has 0 aliphatic rings. The minimum Gasteiger partial charge on any atom is -0.299 e. The summed E-state index contributed by atoms with van der Waals surface area (Å²) in [7, 11) is 0. The van der Waals surface area contributed by atoms with E-state index >= 15 is 0 Å². The van der Waals surface area contributed by atoms with Gasteiger partial charge in [-0.05, 0) is 18.2 Å². The number of aromatic amines is 1. The number of carbonyl (C=O) groups excluding carboxylic acids is 1. The Morgan fingerprint density at radius 1 is 1.67 bits per heavy atom. The summed E-state index contributed by atoms with van der Waals surface area (Å²) in [4.78, 5) is 9.78. The van der Waals surface area contributed by atoms with Crippen LogP contribution in [0.5, 0.6) is 0 Å². The van der Waals surface area contributed by atoms with E-state index in [2.05, 4.69) is 10.2 Å². The lowest BCUT2D eigenvalue weighted by Gasteiger charge is -1.75. The van der Waals surface area contributed by atoms with Gasteiger partial charge in [0.15, 0.2) is 0 Å². The van der Waals surface area contributed by atoms with Crippen LogP contribution in [-0.4, -0.2) is 16.5 Å². The first-order chi connectivity index (χ1) is 4.43. The fourth-order valence-electron chi connectivity index (χ4n) is 0.502. The summed E-state index contributed by atoms with van der Waals surface area (Å²) >= 11 is 0. The molecule has 1 aromatic rings. The van der Waals surface area contributed by atoms with Gasteiger partial charge in [0.05, 0.1) is 5.69 Å². The SMILES string of the molecule is O=CC=Cc1ccn[nH]1. The molecule has 0 aromatic carbocycles. The number of nitrogens with one attached hydrogen (secondary N) is 1. The van der Waals surface area contributed by atoms with Crippen molar-refractivity contribution in [1.29, 1.82) is 0 Å². The number of hydrogen-bond acceptors (Lipinski definition) is 2. The maximum absolute atomic E-state index is 9.78. The highest BCUT2D eigenvalue weighted by atomic mass is 16.1. The first-order valence-corrected chi connectivity index (χ1v) is 2.54. The van der Waals surface area contributed by atoms with Gasteiger partial charge in [-0.3, -0.25) is 9.89 Å². The molecular formula is C6H6N2O. The molecule has 0 bridgehead atoms. The van der Waals surface area contributed by atoms with Gasteiger partial charge in [0.1, 0.15) is 6.29 Å². The Balaban J connectivity index is 2.67. The molecule has 0 amide bonds. The summed E-state index contributed by atoms with van der Waals surface area (Å²) in [5, 5.41) is 6.36. The average molecular weight is 122 g/mol. The fourth-order valence-corrected chi connectivity index (χ4v) is 0.502. The molecule has 1 rings (SSSR count). The number of H-pyrrole nitrogens is 1. The molecular weight excluding hydrogens is 116 g/mol. The third kappa shape index (κ3) is 1.53. The smallest absolute Gasteiger partial charge is 0.142 e. The zero-order valence-corrected chi connectivity index (χ0v) is 4.74. The topological polar surface area (TPSA) is 45.8 Å². The molecule has 0 aliphatic carbocycles. The number of hydrogen-bond donors (Lipinski definition) is 1. The average Bonchev–Trinajstić information content (AvgIpc) is 2.34. The van der Waals surface area contributed by atoms with Gasteiger partial charge in [0.2, 0.25) is 0 Å². The van der Waals surface area contributed by atoms with Crippen LogP contribution in [-0.2, 0) is 4.79 Å². The number of aldehydes is 1. The zero-order chi connectivity index (χ0) is 6.53. The maximum atomic E-state index is 9.78. The molecule has 0 saturated heterocycles. The largest absolute Gasteiger partial charge is 0.299 e. The van der Waals surface area contributed by atoms with Crippen molar-refractivity contribution in [1.82, 2.24) is 10.2 Å². The molecule has 3 nitrogen and oxygen atoms in total. The van der Waals surface area contributed by atoms with Crippen LogP contribution in [0, 0.1) is 0 Å². The molecule has 1 heterocycles. The maximum Gasteiger partial charge on any atom is 0.142 e. The number of aromatic nitrogens is 2. The van der Waals surface area contributed by atoms with Gasteiger partial charge in [-0.25, -0.2) is 0 Å². The van der Waals surface area contributed by atoms with Crippen molar-refractivity contribution in [2.75, 3.05) is 0 Å². The van der Waals surface area contributed by atoms with E-state index in [1.807, 2.05) is 0 Å². The first kappa shape index (κ1) is 5.75. The Hall–Kier alpha value is -1.38.